The van der Waals surface area contributed by atoms with E-state index in [1.165, 1.54) is 0 Å². The highest BCUT2D eigenvalue weighted by Crippen LogP contribution is 2.31. The number of hydrogen-bond acceptors (Lipinski definition) is 2. The maximum atomic E-state index is 9.59. The fraction of sp³-hybridized carbons (Fsp3) is 0.143. The second-order valence-electron chi connectivity index (χ2n) is 4.05. The molecule has 0 spiro atoms. The van der Waals surface area contributed by atoms with Crippen molar-refractivity contribution in [1.29, 1.82) is 0 Å². The third-order valence-corrected chi connectivity index (χ3v) is 3.46. The number of phenolic OH excluding ortho intramolecular Hbond substituents is 1. The van der Waals surface area contributed by atoms with Crippen molar-refractivity contribution >= 4 is 15.9 Å². The summed E-state index contributed by atoms with van der Waals surface area (Å²) in [6.45, 7) is 1.95. The lowest BCUT2D eigenvalue weighted by Crippen LogP contribution is -2.13. The van der Waals surface area contributed by atoms with Gasteiger partial charge in [0.15, 0.2) is 0 Å². The van der Waals surface area contributed by atoms with Crippen LogP contribution in [-0.2, 0) is 0 Å². The van der Waals surface area contributed by atoms with Crippen molar-refractivity contribution < 1.29 is 5.11 Å². The van der Waals surface area contributed by atoms with Gasteiger partial charge < -0.3 is 10.8 Å². The highest BCUT2D eigenvalue weighted by Gasteiger charge is 2.13. The molecule has 0 bridgehead atoms. The summed E-state index contributed by atoms with van der Waals surface area (Å²) < 4.78 is 0.671. The molecule has 0 aliphatic carbocycles. The van der Waals surface area contributed by atoms with Gasteiger partial charge in [-0.15, -0.1) is 0 Å². The van der Waals surface area contributed by atoms with Crippen molar-refractivity contribution in [3.05, 3.63) is 63.6 Å². The van der Waals surface area contributed by atoms with Crippen molar-refractivity contribution in [1.82, 2.24) is 0 Å². The van der Waals surface area contributed by atoms with Gasteiger partial charge in [0.1, 0.15) is 5.75 Å². The molecule has 0 radical (unpaired) electrons. The molecule has 0 fully saturated rings. The Kier molecular flexibility index (Phi) is 3.50. The van der Waals surface area contributed by atoms with Gasteiger partial charge in [0.25, 0.3) is 0 Å². The van der Waals surface area contributed by atoms with E-state index < -0.39 is 0 Å². The summed E-state index contributed by atoms with van der Waals surface area (Å²) in [6.07, 6.45) is 0. The summed E-state index contributed by atoms with van der Waals surface area (Å²) in [5.41, 5.74) is 9.30. The van der Waals surface area contributed by atoms with E-state index >= 15 is 0 Å². The number of aromatic hydroxyl groups is 1. The quantitative estimate of drug-likeness (QED) is 0.889. The zero-order chi connectivity index (χ0) is 12.4. The first-order valence-corrected chi connectivity index (χ1v) is 6.18. The Morgan fingerprint density at radius 2 is 1.82 bits per heavy atom. The van der Waals surface area contributed by atoms with Crippen LogP contribution in [0.3, 0.4) is 0 Å². The Morgan fingerprint density at radius 1 is 1.18 bits per heavy atom. The first-order valence-electron chi connectivity index (χ1n) is 5.39. The minimum atomic E-state index is -0.173. The molecule has 0 saturated carbocycles. The Labute approximate surface area is 109 Å². The Bertz CT molecular complexity index is 525. The molecule has 2 aromatic rings. The molecule has 0 aromatic heterocycles. The van der Waals surface area contributed by atoms with E-state index in [-0.39, 0.29) is 11.8 Å². The van der Waals surface area contributed by atoms with E-state index in [9.17, 15) is 5.11 Å². The summed E-state index contributed by atoms with van der Waals surface area (Å²) in [5.74, 6) is 0.242. The molecule has 1 atom stereocenters. The van der Waals surface area contributed by atoms with Gasteiger partial charge in [0.05, 0.1) is 10.5 Å². The van der Waals surface area contributed by atoms with Crippen LogP contribution in [0.1, 0.15) is 22.7 Å². The van der Waals surface area contributed by atoms with Crippen molar-refractivity contribution in [3.8, 4) is 5.75 Å². The molecule has 0 saturated heterocycles. The molecule has 0 aliphatic rings. The van der Waals surface area contributed by atoms with Gasteiger partial charge in [-0.2, -0.15) is 0 Å². The number of aryl methyl sites for hydroxylation is 1. The normalized spacial score (nSPS) is 12.4. The predicted octanol–water partition coefficient (Wildman–Crippen LogP) is 3.51. The van der Waals surface area contributed by atoms with Crippen LogP contribution < -0.4 is 5.73 Å². The molecular weight excluding hydrogens is 278 g/mol. The van der Waals surface area contributed by atoms with Crippen LogP contribution in [0.25, 0.3) is 0 Å². The number of benzene rings is 2. The fourth-order valence-corrected chi connectivity index (χ4v) is 2.22. The van der Waals surface area contributed by atoms with E-state index in [0.29, 0.717) is 4.47 Å². The Balaban J connectivity index is 2.44. The van der Waals surface area contributed by atoms with Gasteiger partial charge in [-0.3, -0.25) is 0 Å². The molecule has 3 N–H and O–H groups in total. The molecular formula is C14H14BrNO. The van der Waals surface area contributed by atoms with E-state index in [0.717, 1.165) is 16.7 Å². The number of nitrogens with two attached hydrogens (primary N) is 1. The van der Waals surface area contributed by atoms with Crippen molar-refractivity contribution in [2.45, 2.75) is 13.0 Å². The van der Waals surface area contributed by atoms with Crippen molar-refractivity contribution in [2.24, 2.45) is 5.73 Å². The summed E-state index contributed by atoms with van der Waals surface area (Å²) in [5, 5.41) is 9.59. The second-order valence-corrected chi connectivity index (χ2v) is 4.90. The predicted molar refractivity (Wildman–Crippen MR) is 73.0 cm³/mol. The lowest BCUT2D eigenvalue weighted by Gasteiger charge is -2.16. The SMILES string of the molecule is Cc1cc(O)c(Br)cc1C(N)c1ccccc1. The zero-order valence-electron chi connectivity index (χ0n) is 9.52. The highest BCUT2D eigenvalue weighted by molar-refractivity contribution is 9.10. The molecule has 3 heteroatoms. The van der Waals surface area contributed by atoms with Crippen LogP contribution in [0, 0.1) is 6.92 Å². The summed E-state index contributed by atoms with van der Waals surface area (Å²) >= 11 is 3.32. The topological polar surface area (TPSA) is 46.2 Å². The number of rotatable bonds is 2. The van der Waals surface area contributed by atoms with E-state index in [2.05, 4.69) is 15.9 Å². The van der Waals surface area contributed by atoms with Crippen molar-refractivity contribution in [3.63, 3.8) is 0 Å². The lowest BCUT2D eigenvalue weighted by atomic mass is 9.96. The third-order valence-electron chi connectivity index (χ3n) is 2.83. The maximum Gasteiger partial charge on any atom is 0.130 e. The van der Waals surface area contributed by atoms with Gasteiger partial charge in [-0.25, -0.2) is 0 Å². The van der Waals surface area contributed by atoms with Gasteiger partial charge in [-0.05, 0) is 51.7 Å². The zero-order valence-corrected chi connectivity index (χ0v) is 11.1. The molecule has 0 heterocycles. The van der Waals surface area contributed by atoms with Crippen LogP contribution in [0.2, 0.25) is 0 Å². The second kappa shape index (κ2) is 4.90. The third kappa shape index (κ3) is 2.51. The molecule has 1 unspecified atom stereocenters. The van der Waals surface area contributed by atoms with Gasteiger partial charge in [-0.1, -0.05) is 30.3 Å². The van der Waals surface area contributed by atoms with E-state index in [1.807, 2.05) is 43.3 Å². The standard InChI is InChI=1S/C14H14BrNO/c1-9-7-13(17)12(15)8-11(9)14(16)10-5-3-2-4-6-10/h2-8,14,17H,16H2,1H3. The molecule has 2 nitrogen and oxygen atoms in total. The number of hydrogen-bond donors (Lipinski definition) is 2. The van der Waals surface area contributed by atoms with Crippen LogP contribution >= 0.6 is 15.9 Å². The average Bonchev–Trinajstić information content (AvgIpc) is 2.34. The molecule has 17 heavy (non-hydrogen) atoms. The van der Waals surface area contributed by atoms with Crippen LogP contribution in [0.5, 0.6) is 5.75 Å². The van der Waals surface area contributed by atoms with Crippen LogP contribution in [0.15, 0.2) is 46.9 Å². The van der Waals surface area contributed by atoms with Crippen LogP contribution in [-0.4, -0.2) is 5.11 Å². The smallest absolute Gasteiger partial charge is 0.130 e. The van der Waals surface area contributed by atoms with E-state index in [4.69, 9.17) is 5.73 Å². The molecule has 2 rings (SSSR count). The average molecular weight is 292 g/mol. The Morgan fingerprint density at radius 3 is 2.47 bits per heavy atom. The van der Waals surface area contributed by atoms with Gasteiger partial charge in [0, 0.05) is 0 Å². The largest absolute Gasteiger partial charge is 0.507 e. The fourth-order valence-electron chi connectivity index (χ4n) is 1.86. The molecule has 2 aromatic carbocycles. The minimum Gasteiger partial charge on any atom is -0.507 e. The van der Waals surface area contributed by atoms with E-state index in [1.54, 1.807) is 6.07 Å². The first kappa shape index (κ1) is 12.1. The molecule has 0 aliphatic heterocycles. The molecule has 0 amide bonds. The first-order chi connectivity index (χ1) is 8.09. The maximum absolute atomic E-state index is 9.59. The minimum absolute atomic E-state index is 0.173. The number of phenols is 1. The Hall–Kier alpha value is -1.32. The van der Waals surface area contributed by atoms with Gasteiger partial charge >= 0.3 is 0 Å². The molecule has 88 valence electrons. The summed E-state index contributed by atoms with van der Waals surface area (Å²) in [6, 6.07) is 13.4. The van der Waals surface area contributed by atoms with Crippen molar-refractivity contribution in [2.75, 3.05) is 0 Å². The lowest BCUT2D eigenvalue weighted by molar-refractivity contribution is 0.471. The van der Waals surface area contributed by atoms with Crippen LogP contribution in [0.4, 0.5) is 0 Å². The summed E-state index contributed by atoms with van der Waals surface area (Å²) in [7, 11) is 0. The van der Waals surface area contributed by atoms with Gasteiger partial charge in [0.2, 0.25) is 0 Å². The highest BCUT2D eigenvalue weighted by atomic mass is 79.9. The summed E-state index contributed by atoms with van der Waals surface area (Å²) in [4.78, 5) is 0. The number of halogens is 1. The monoisotopic (exact) mass is 291 g/mol.